The van der Waals surface area contributed by atoms with E-state index in [4.69, 9.17) is 16.3 Å². The van der Waals surface area contributed by atoms with Crippen LogP contribution < -0.4 is 0 Å². The molecular formula is C8H10ClN3O2S. The molecule has 0 spiro atoms. The molecule has 1 unspecified atom stereocenters. The van der Waals surface area contributed by atoms with E-state index in [1.807, 2.05) is 0 Å². The fourth-order valence-electron chi connectivity index (χ4n) is 1.45. The lowest BCUT2D eigenvalue weighted by atomic mass is 10.2. The highest BCUT2D eigenvalue weighted by Crippen LogP contribution is 2.12. The highest BCUT2D eigenvalue weighted by molar-refractivity contribution is 7.03. The summed E-state index contributed by atoms with van der Waals surface area (Å²) in [5, 5.41) is 5.40. The Kier molecular flexibility index (Phi) is 3.50. The Hall–Kier alpha value is -0.720. The van der Waals surface area contributed by atoms with Gasteiger partial charge < -0.3 is 9.64 Å². The SMILES string of the molecule is O=C(c1csnn1)N1CCOCC1CCl. The lowest BCUT2D eigenvalue weighted by Gasteiger charge is -2.33. The van der Waals surface area contributed by atoms with Crippen molar-refractivity contribution in [2.75, 3.05) is 25.6 Å². The molecular weight excluding hydrogens is 238 g/mol. The minimum Gasteiger partial charge on any atom is -0.377 e. The van der Waals surface area contributed by atoms with Crippen molar-refractivity contribution in [1.29, 1.82) is 0 Å². The largest absolute Gasteiger partial charge is 0.377 e. The maximum atomic E-state index is 11.9. The van der Waals surface area contributed by atoms with Crippen molar-refractivity contribution in [2.45, 2.75) is 6.04 Å². The molecule has 15 heavy (non-hydrogen) atoms. The quantitative estimate of drug-likeness (QED) is 0.719. The van der Waals surface area contributed by atoms with Crippen molar-refractivity contribution in [1.82, 2.24) is 14.5 Å². The van der Waals surface area contributed by atoms with Crippen molar-refractivity contribution >= 4 is 29.0 Å². The molecule has 1 aromatic heterocycles. The maximum Gasteiger partial charge on any atom is 0.275 e. The molecule has 1 aliphatic heterocycles. The van der Waals surface area contributed by atoms with E-state index in [9.17, 15) is 4.79 Å². The number of hydrogen-bond donors (Lipinski definition) is 0. The maximum absolute atomic E-state index is 11.9. The van der Waals surface area contributed by atoms with Crippen molar-refractivity contribution in [3.8, 4) is 0 Å². The van der Waals surface area contributed by atoms with Gasteiger partial charge >= 0.3 is 0 Å². The Bertz CT molecular complexity index is 333. The van der Waals surface area contributed by atoms with E-state index in [0.29, 0.717) is 31.3 Å². The van der Waals surface area contributed by atoms with E-state index in [-0.39, 0.29) is 11.9 Å². The number of carbonyl (C=O) groups excluding carboxylic acids is 1. The van der Waals surface area contributed by atoms with Crippen LogP contribution in [-0.2, 0) is 4.74 Å². The van der Waals surface area contributed by atoms with E-state index < -0.39 is 0 Å². The van der Waals surface area contributed by atoms with Crippen molar-refractivity contribution < 1.29 is 9.53 Å². The van der Waals surface area contributed by atoms with Crippen LogP contribution >= 0.6 is 23.1 Å². The molecule has 0 saturated carbocycles. The number of nitrogens with zero attached hydrogens (tertiary/aromatic N) is 3. The van der Waals surface area contributed by atoms with Gasteiger partial charge in [0.25, 0.3) is 5.91 Å². The number of amides is 1. The number of rotatable bonds is 2. The first-order chi connectivity index (χ1) is 7.33. The zero-order valence-corrected chi connectivity index (χ0v) is 9.50. The van der Waals surface area contributed by atoms with Gasteiger partial charge in [-0.15, -0.1) is 16.7 Å². The standard InChI is InChI=1S/C8H10ClN3O2S/c9-3-6-4-14-2-1-12(6)8(13)7-5-15-11-10-7/h5-6H,1-4H2. The van der Waals surface area contributed by atoms with E-state index in [1.54, 1.807) is 10.3 Å². The van der Waals surface area contributed by atoms with Crippen LogP contribution in [0.25, 0.3) is 0 Å². The summed E-state index contributed by atoms with van der Waals surface area (Å²) in [5.41, 5.74) is 0.386. The Morgan fingerprint density at radius 2 is 2.67 bits per heavy atom. The molecule has 1 aromatic rings. The number of carbonyl (C=O) groups is 1. The zero-order valence-electron chi connectivity index (χ0n) is 7.93. The monoisotopic (exact) mass is 247 g/mol. The molecule has 0 bridgehead atoms. The molecule has 2 rings (SSSR count). The summed E-state index contributed by atoms with van der Waals surface area (Å²) >= 11 is 6.94. The lowest BCUT2D eigenvalue weighted by Crippen LogP contribution is -2.49. The van der Waals surface area contributed by atoms with Gasteiger partial charge in [-0.3, -0.25) is 4.79 Å². The van der Waals surface area contributed by atoms with Gasteiger partial charge in [-0.2, -0.15) is 0 Å². The summed E-state index contributed by atoms with van der Waals surface area (Å²) in [6.07, 6.45) is 0. The van der Waals surface area contributed by atoms with Crippen molar-refractivity contribution in [2.24, 2.45) is 0 Å². The van der Waals surface area contributed by atoms with Crippen molar-refractivity contribution in [3.05, 3.63) is 11.1 Å². The van der Waals surface area contributed by atoms with Crippen LogP contribution in [0.3, 0.4) is 0 Å². The Labute approximate surface area is 96.1 Å². The molecule has 1 saturated heterocycles. The Morgan fingerprint density at radius 3 is 3.33 bits per heavy atom. The van der Waals surface area contributed by atoms with Crippen molar-refractivity contribution in [3.63, 3.8) is 0 Å². The number of morpholine rings is 1. The minimum atomic E-state index is -0.113. The molecule has 0 aromatic carbocycles. The van der Waals surface area contributed by atoms with Gasteiger partial charge in [0.15, 0.2) is 5.69 Å². The second-order valence-corrected chi connectivity index (χ2v) is 4.09. The number of ether oxygens (including phenoxy) is 1. The third kappa shape index (κ3) is 2.27. The van der Waals surface area contributed by atoms with Gasteiger partial charge in [0.1, 0.15) is 0 Å². The van der Waals surface area contributed by atoms with E-state index in [2.05, 4.69) is 9.59 Å². The number of aromatic nitrogens is 2. The van der Waals surface area contributed by atoms with Crippen LogP contribution in [0.15, 0.2) is 5.38 Å². The molecule has 1 amide bonds. The average molecular weight is 248 g/mol. The Morgan fingerprint density at radius 1 is 1.80 bits per heavy atom. The normalized spacial score (nSPS) is 21.7. The first-order valence-corrected chi connectivity index (χ1v) is 5.91. The summed E-state index contributed by atoms with van der Waals surface area (Å²) < 4.78 is 8.93. The highest BCUT2D eigenvalue weighted by Gasteiger charge is 2.28. The summed E-state index contributed by atoms with van der Waals surface area (Å²) in [6.45, 7) is 1.61. The van der Waals surface area contributed by atoms with Gasteiger partial charge in [-0.05, 0) is 11.5 Å². The molecule has 0 aliphatic carbocycles. The number of alkyl halides is 1. The lowest BCUT2D eigenvalue weighted by molar-refractivity contribution is 0.00424. The van der Waals surface area contributed by atoms with Crippen LogP contribution in [0.5, 0.6) is 0 Å². The molecule has 82 valence electrons. The highest BCUT2D eigenvalue weighted by atomic mass is 35.5. The molecule has 0 radical (unpaired) electrons. The van der Waals surface area contributed by atoms with Gasteiger partial charge in [-0.25, -0.2) is 0 Å². The third-order valence-electron chi connectivity index (χ3n) is 2.25. The zero-order chi connectivity index (χ0) is 10.7. The van der Waals surface area contributed by atoms with Crippen LogP contribution in [0, 0.1) is 0 Å². The first kappa shape index (κ1) is 10.8. The molecule has 2 heterocycles. The predicted molar refractivity (Wildman–Crippen MR) is 56.3 cm³/mol. The van der Waals surface area contributed by atoms with Gasteiger partial charge in [0, 0.05) is 17.8 Å². The topological polar surface area (TPSA) is 55.3 Å². The van der Waals surface area contributed by atoms with Crippen LogP contribution in [0.1, 0.15) is 10.5 Å². The van der Waals surface area contributed by atoms with Gasteiger partial charge in [0.05, 0.1) is 19.3 Å². The molecule has 1 aliphatic rings. The molecule has 1 atom stereocenters. The summed E-state index contributed by atoms with van der Waals surface area (Å²) in [7, 11) is 0. The molecule has 0 N–H and O–H groups in total. The van der Waals surface area contributed by atoms with Crippen LogP contribution in [-0.4, -0.2) is 52.1 Å². The summed E-state index contributed by atoms with van der Waals surface area (Å²) in [5.74, 6) is 0.265. The molecule has 1 fully saturated rings. The minimum absolute atomic E-state index is 0.0605. The van der Waals surface area contributed by atoms with Crippen LogP contribution in [0.2, 0.25) is 0 Å². The van der Waals surface area contributed by atoms with Crippen LogP contribution in [0.4, 0.5) is 0 Å². The molecule has 7 heteroatoms. The summed E-state index contributed by atoms with van der Waals surface area (Å²) in [6, 6.07) is -0.0605. The fourth-order valence-corrected chi connectivity index (χ4v) is 2.14. The molecule has 5 nitrogen and oxygen atoms in total. The van der Waals surface area contributed by atoms with E-state index in [0.717, 1.165) is 0 Å². The van der Waals surface area contributed by atoms with Gasteiger partial charge in [-0.1, -0.05) is 4.49 Å². The first-order valence-electron chi connectivity index (χ1n) is 4.54. The average Bonchev–Trinajstić information content (AvgIpc) is 2.81. The number of hydrogen-bond acceptors (Lipinski definition) is 5. The smallest absolute Gasteiger partial charge is 0.275 e. The summed E-state index contributed by atoms with van der Waals surface area (Å²) in [4.78, 5) is 13.6. The Balaban J connectivity index is 2.11. The van der Waals surface area contributed by atoms with E-state index in [1.165, 1.54) is 11.5 Å². The van der Waals surface area contributed by atoms with E-state index >= 15 is 0 Å². The second-order valence-electron chi connectivity index (χ2n) is 3.17. The fraction of sp³-hybridized carbons (Fsp3) is 0.625. The predicted octanol–water partition coefficient (Wildman–Crippen LogP) is 0.618. The number of halogens is 1. The van der Waals surface area contributed by atoms with Gasteiger partial charge in [0.2, 0.25) is 0 Å². The third-order valence-corrected chi connectivity index (χ3v) is 3.11. The second kappa shape index (κ2) is 4.87.